The topological polar surface area (TPSA) is 60.2 Å². The Bertz CT molecular complexity index is 425. The fraction of sp³-hybridized carbons (Fsp3) is 0.706. The third kappa shape index (κ3) is 3.62. The van der Waals surface area contributed by atoms with Crippen LogP contribution in [0.5, 0.6) is 0 Å². The van der Waals surface area contributed by atoms with E-state index in [1.165, 1.54) is 37.7 Å². The van der Waals surface area contributed by atoms with Crippen molar-refractivity contribution in [3.05, 3.63) is 30.1 Å². The van der Waals surface area contributed by atoms with Gasteiger partial charge in [0.05, 0.1) is 5.60 Å². The molecule has 3 N–H and O–H groups in total. The minimum Gasteiger partial charge on any atom is -0.375 e. The summed E-state index contributed by atoms with van der Waals surface area (Å²) < 4.78 is 6.20. The number of hydrogen-bond acceptors (Lipinski definition) is 4. The zero-order valence-corrected chi connectivity index (χ0v) is 12.8. The molecule has 0 bridgehead atoms. The summed E-state index contributed by atoms with van der Waals surface area (Å²) in [6, 6.07) is 4.44. The smallest absolute Gasteiger partial charge is 0.0685 e. The molecule has 2 aliphatic rings. The average Bonchev–Trinajstić information content (AvgIpc) is 2.54. The lowest BCUT2D eigenvalue weighted by Gasteiger charge is -2.45. The summed E-state index contributed by atoms with van der Waals surface area (Å²) in [7, 11) is 0. The number of pyridine rings is 1. The SMILES string of the molecule is NNC(Cc1cccnc1)C1CCOC2(CCCCC2)C1. The molecule has 2 atom stereocenters. The van der Waals surface area contributed by atoms with Crippen LogP contribution in [0.2, 0.25) is 0 Å². The van der Waals surface area contributed by atoms with Crippen molar-refractivity contribution in [1.29, 1.82) is 0 Å². The second kappa shape index (κ2) is 6.86. The first kappa shape index (κ1) is 14.9. The van der Waals surface area contributed by atoms with Gasteiger partial charge in [-0.2, -0.15) is 0 Å². The number of hydrazine groups is 1. The second-order valence-corrected chi connectivity index (χ2v) is 6.68. The summed E-state index contributed by atoms with van der Waals surface area (Å²) in [4.78, 5) is 4.21. The van der Waals surface area contributed by atoms with E-state index in [9.17, 15) is 0 Å². The van der Waals surface area contributed by atoms with E-state index in [1.54, 1.807) is 0 Å². The number of rotatable bonds is 4. The summed E-state index contributed by atoms with van der Waals surface area (Å²) in [6.07, 6.45) is 13.4. The molecule has 1 aliphatic heterocycles. The van der Waals surface area contributed by atoms with E-state index in [1.807, 2.05) is 18.5 Å². The summed E-state index contributed by atoms with van der Waals surface area (Å²) >= 11 is 0. The van der Waals surface area contributed by atoms with Crippen molar-refractivity contribution in [1.82, 2.24) is 10.4 Å². The highest BCUT2D eigenvalue weighted by Crippen LogP contribution is 2.41. The molecular weight excluding hydrogens is 262 g/mol. The van der Waals surface area contributed by atoms with Crippen LogP contribution < -0.4 is 11.3 Å². The Kier molecular flexibility index (Phi) is 4.88. The molecule has 116 valence electrons. The number of nitrogens with zero attached hydrogens (tertiary/aromatic N) is 1. The monoisotopic (exact) mass is 289 g/mol. The van der Waals surface area contributed by atoms with Gasteiger partial charge in [0.15, 0.2) is 0 Å². The molecule has 3 rings (SSSR count). The van der Waals surface area contributed by atoms with Gasteiger partial charge in [0.2, 0.25) is 0 Å². The Morgan fingerprint density at radius 3 is 2.95 bits per heavy atom. The van der Waals surface area contributed by atoms with Gasteiger partial charge in [-0.05, 0) is 49.7 Å². The Balaban J connectivity index is 1.65. The van der Waals surface area contributed by atoms with Gasteiger partial charge >= 0.3 is 0 Å². The highest BCUT2D eigenvalue weighted by atomic mass is 16.5. The van der Waals surface area contributed by atoms with E-state index in [4.69, 9.17) is 10.6 Å². The van der Waals surface area contributed by atoms with Crippen molar-refractivity contribution in [2.45, 2.75) is 63.0 Å². The van der Waals surface area contributed by atoms with Crippen LogP contribution in [0, 0.1) is 5.92 Å². The van der Waals surface area contributed by atoms with Gasteiger partial charge in [-0.15, -0.1) is 0 Å². The summed E-state index contributed by atoms with van der Waals surface area (Å²) in [6.45, 7) is 0.885. The zero-order chi connectivity index (χ0) is 14.5. The molecule has 2 fully saturated rings. The van der Waals surface area contributed by atoms with E-state index in [0.717, 1.165) is 25.9 Å². The van der Waals surface area contributed by atoms with Gasteiger partial charge in [0.1, 0.15) is 0 Å². The second-order valence-electron chi connectivity index (χ2n) is 6.68. The first-order chi connectivity index (χ1) is 10.3. The average molecular weight is 289 g/mol. The van der Waals surface area contributed by atoms with Crippen LogP contribution in [-0.4, -0.2) is 23.2 Å². The van der Waals surface area contributed by atoms with Crippen molar-refractivity contribution in [3.8, 4) is 0 Å². The third-order valence-electron chi connectivity index (χ3n) is 5.26. The molecule has 2 unspecified atom stereocenters. The fourth-order valence-electron chi connectivity index (χ4n) is 4.09. The maximum Gasteiger partial charge on any atom is 0.0685 e. The van der Waals surface area contributed by atoms with E-state index in [2.05, 4.69) is 16.5 Å². The van der Waals surface area contributed by atoms with E-state index in [-0.39, 0.29) is 5.60 Å². The van der Waals surface area contributed by atoms with Gasteiger partial charge in [0, 0.05) is 25.0 Å². The lowest BCUT2D eigenvalue weighted by Crippen LogP contribution is -2.50. The van der Waals surface area contributed by atoms with Gasteiger partial charge in [-0.1, -0.05) is 25.3 Å². The van der Waals surface area contributed by atoms with Crippen LogP contribution in [-0.2, 0) is 11.2 Å². The summed E-state index contributed by atoms with van der Waals surface area (Å²) in [5.74, 6) is 6.46. The molecule has 1 aromatic rings. The number of aromatic nitrogens is 1. The predicted molar refractivity (Wildman–Crippen MR) is 83.5 cm³/mol. The van der Waals surface area contributed by atoms with Crippen LogP contribution in [0.1, 0.15) is 50.5 Å². The van der Waals surface area contributed by atoms with Crippen LogP contribution in [0.15, 0.2) is 24.5 Å². The lowest BCUT2D eigenvalue weighted by atomic mass is 9.73. The molecule has 0 radical (unpaired) electrons. The molecule has 1 aromatic heterocycles. The molecule has 2 heterocycles. The van der Waals surface area contributed by atoms with Crippen LogP contribution in [0.3, 0.4) is 0 Å². The third-order valence-corrected chi connectivity index (χ3v) is 5.26. The van der Waals surface area contributed by atoms with Crippen LogP contribution in [0.4, 0.5) is 0 Å². The van der Waals surface area contributed by atoms with Gasteiger partial charge in [-0.3, -0.25) is 16.3 Å². The minimum absolute atomic E-state index is 0.144. The van der Waals surface area contributed by atoms with E-state index < -0.39 is 0 Å². The molecule has 1 aliphatic carbocycles. The van der Waals surface area contributed by atoms with Crippen LogP contribution in [0.25, 0.3) is 0 Å². The Labute approximate surface area is 127 Å². The molecular formula is C17H27N3O. The fourth-order valence-corrected chi connectivity index (χ4v) is 4.09. The maximum atomic E-state index is 6.20. The van der Waals surface area contributed by atoms with E-state index in [0.29, 0.717) is 12.0 Å². The Morgan fingerprint density at radius 1 is 1.38 bits per heavy atom. The molecule has 1 saturated heterocycles. The first-order valence-corrected chi connectivity index (χ1v) is 8.30. The molecule has 0 aromatic carbocycles. The molecule has 1 saturated carbocycles. The van der Waals surface area contributed by atoms with Crippen molar-refractivity contribution >= 4 is 0 Å². The molecule has 1 spiro atoms. The summed E-state index contributed by atoms with van der Waals surface area (Å²) in [5, 5.41) is 0. The Hall–Kier alpha value is -0.970. The normalized spacial score (nSPS) is 26.6. The molecule has 4 heteroatoms. The quantitative estimate of drug-likeness (QED) is 0.660. The highest BCUT2D eigenvalue weighted by molar-refractivity contribution is 5.11. The number of nitrogens with two attached hydrogens (primary N) is 1. The zero-order valence-electron chi connectivity index (χ0n) is 12.8. The van der Waals surface area contributed by atoms with E-state index >= 15 is 0 Å². The van der Waals surface area contributed by atoms with Crippen molar-refractivity contribution in [2.75, 3.05) is 6.61 Å². The first-order valence-electron chi connectivity index (χ1n) is 8.30. The van der Waals surface area contributed by atoms with Crippen LogP contribution >= 0.6 is 0 Å². The number of hydrogen-bond donors (Lipinski definition) is 2. The standard InChI is InChI=1S/C17H27N3O/c18-20-16(11-14-5-4-9-19-13-14)15-6-10-21-17(12-15)7-2-1-3-8-17/h4-5,9,13,15-16,20H,1-3,6-8,10-12,18H2. The summed E-state index contributed by atoms with van der Waals surface area (Å²) in [5.41, 5.74) is 4.46. The van der Waals surface area contributed by atoms with Gasteiger partial charge in [0.25, 0.3) is 0 Å². The predicted octanol–water partition coefficient (Wildman–Crippen LogP) is 2.59. The lowest BCUT2D eigenvalue weighted by molar-refractivity contribution is -0.121. The molecule has 21 heavy (non-hydrogen) atoms. The van der Waals surface area contributed by atoms with Crippen molar-refractivity contribution in [2.24, 2.45) is 11.8 Å². The number of nitrogens with one attached hydrogen (secondary N) is 1. The van der Waals surface area contributed by atoms with Gasteiger partial charge in [-0.25, -0.2) is 0 Å². The molecule has 4 nitrogen and oxygen atoms in total. The van der Waals surface area contributed by atoms with Crippen molar-refractivity contribution in [3.63, 3.8) is 0 Å². The Morgan fingerprint density at radius 2 is 2.24 bits per heavy atom. The largest absolute Gasteiger partial charge is 0.375 e. The minimum atomic E-state index is 0.144. The molecule has 0 amide bonds. The maximum absolute atomic E-state index is 6.20. The van der Waals surface area contributed by atoms with Crippen molar-refractivity contribution < 1.29 is 4.74 Å². The highest BCUT2D eigenvalue weighted by Gasteiger charge is 2.40. The number of ether oxygens (including phenoxy) is 1. The van der Waals surface area contributed by atoms with Gasteiger partial charge < -0.3 is 4.74 Å².